The van der Waals surface area contributed by atoms with E-state index in [1.165, 1.54) is 0 Å². The number of allylic oxidation sites excluding steroid dienone is 1. The van der Waals surface area contributed by atoms with Gasteiger partial charge in [0.2, 0.25) is 0 Å². The highest BCUT2D eigenvalue weighted by molar-refractivity contribution is 8.18. The Balaban J connectivity index is 0.00000385. The number of aliphatic imine (C=N–C) groups is 1. The molecule has 0 aromatic heterocycles. The maximum absolute atomic E-state index is 13.4. The van der Waals surface area contributed by atoms with Crippen LogP contribution in [0.2, 0.25) is 0 Å². The summed E-state index contributed by atoms with van der Waals surface area (Å²) in [5.41, 5.74) is -2.77. The SMILES string of the molecule is C#CCN=C1NC(=O)SC1=CC1CCN(Cc2ccc(C(F)(F)F)cc2C(F)(F)F)CC1.Cl. The molecule has 4 nitrogen and oxygen atoms in total. The third-order valence-electron chi connectivity index (χ3n) is 5.14. The quantitative estimate of drug-likeness (QED) is 0.415. The van der Waals surface area contributed by atoms with Crippen LogP contribution in [0.1, 0.15) is 29.5 Å². The molecule has 3 rings (SSSR count). The van der Waals surface area contributed by atoms with Crippen LogP contribution in [0.5, 0.6) is 0 Å². The fourth-order valence-corrected chi connectivity index (χ4v) is 4.39. The zero-order valence-electron chi connectivity index (χ0n) is 17.1. The smallest absolute Gasteiger partial charge is 0.300 e. The monoisotopic (exact) mass is 511 g/mol. The zero-order valence-corrected chi connectivity index (χ0v) is 18.7. The van der Waals surface area contributed by atoms with E-state index >= 15 is 0 Å². The summed E-state index contributed by atoms with van der Waals surface area (Å²) in [5, 5.41) is 2.36. The molecule has 0 bridgehead atoms. The molecule has 0 aliphatic carbocycles. The highest BCUT2D eigenvalue weighted by atomic mass is 35.5. The van der Waals surface area contributed by atoms with Gasteiger partial charge in [-0.15, -0.1) is 18.8 Å². The first-order valence-corrected chi connectivity index (χ1v) is 10.5. The van der Waals surface area contributed by atoms with Crippen molar-refractivity contribution < 1.29 is 31.1 Å². The molecule has 2 heterocycles. The number of amides is 1. The Morgan fingerprint density at radius 1 is 1.18 bits per heavy atom. The summed E-state index contributed by atoms with van der Waals surface area (Å²) in [6.07, 6.45) is -1.37. The van der Waals surface area contributed by atoms with E-state index in [-0.39, 0.29) is 48.3 Å². The fourth-order valence-electron chi connectivity index (χ4n) is 3.57. The van der Waals surface area contributed by atoms with Crippen LogP contribution in [0.3, 0.4) is 0 Å². The van der Waals surface area contributed by atoms with Crippen molar-refractivity contribution in [3.8, 4) is 12.3 Å². The lowest BCUT2D eigenvalue weighted by molar-refractivity contribution is -0.143. The average Bonchev–Trinajstić information content (AvgIpc) is 3.05. The topological polar surface area (TPSA) is 44.7 Å². The number of nitrogens with one attached hydrogen (secondary N) is 1. The van der Waals surface area contributed by atoms with E-state index < -0.39 is 23.5 Å². The molecule has 2 aliphatic heterocycles. The average molecular weight is 512 g/mol. The zero-order chi connectivity index (χ0) is 23.5. The van der Waals surface area contributed by atoms with Crippen LogP contribution in [0.15, 0.2) is 34.2 Å². The molecule has 1 N–H and O–H groups in total. The van der Waals surface area contributed by atoms with Crippen LogP contribution in [-0.2, 0) is 18.9 Å². The molecule has 0 radical (unpaired) electrons. The number of likely N-dealkylation sites (tertiary alicyclic amines) is 1. The van der Waals surface area contributed by atoms with Crippen molar-refractivity contribution in [1.29, 1.82) is 0 Å². The van der Waals surface area contributed by atoms with E-state index in [0.29, 0.717) is 42.7 Å². The van der Waals surface area contributed by atoms with E-state index in [1.54, 1.807) is 4.90 Å². The van der Waals surface area contributed by atoms with Crippen LogP contribution in [-0.4, -0.2) is 35.6 Å². The van der Waals surface area contributed by atoms with Crippen molar-refractivity contribution >= 4 is 35.2 Å². The Labute approximate surface area is 197 Å². The number of benzene rings is 1. The van der Waals surface area contributed by atoms with Gasteiger partial charge in [0.1, 0.15) is 12.4 Å². The van der Waals surface area contributed by atoms with Crippen LogP contribution >= 0.6 is 24.2 Å². The maximum atomic E-state index is 13.4. The molecule has 0 unspecified atom stereocenters. The van der Waals surface area contributed by atoms with Crippen molar-refractivity contribution in [3.63, 3.8) is 0 Å². The van der Waals surface area contributed by atoms with Crippen LogP contribution in [0.4, 0.5) is 31.1 Å². The van der Waals surface area contributed by atoms with Gasteiger partial charge in [0.25, 0.3) is 5.24 Å². The van der Waals surface area contributed by atoms with E-state index in [2.05, 4.69) is 16.2 Å². The summed E-state index contributed by atoms with van der Waals surface area (Å²) in [7, 11) is 0. The van der Waals surface area contributed by atoms with Crippen molar-refractivity contribution in [2.75, 3.05) is 19.6 Å². The number of terminal acetylenes is 1. The number of carbonyl (C=O) groups is 1. The molecular formula is C21H20ClF6N3OS. The van der Waals surface area contributed by atoms with Gasteiger partial charge >= 0.3 is 12.4 Å². The minimum atomic E-state index is -4.88. The van der Waals surface area contributed by atoms with Gasteiger partial charge in [-0.2, -0.15) is 26.3 Å². The number of amidine groups is 1. The van der Waals surface area contributed by atoms with Crippen molar-refractivity contribution in [2.24, 2.45) is 10.9 Å². The standard InChI is InChI=1S/C21H19F6N3OS.ClH/c1-2-7-28-18-17(32-19(31)29-18)10-13-5-8-30(9-6-13)12-14-3-4-15(20(22,23)24)11-16(14)21(25,26)27;/h1,3-4,10-11,13H,5-9,12H2,(H,28,29,31);1H. The Morgan fingerprint density at radius 3 is 2.42 bits per heavy atom. The molecule has 2 aliphatic rings. The summed E-state index contributed by atoms with van der Waals surface area (Å²) >= 11 is 1.01. The van der Waals surface area contributed by atoms with Gasteiger partial charge in [-0.25, -0.2) is 0 Å². The summed E-state index contributed by atoms with van der Waals surface area (Å²) in [6, 6.07) is 1.76. The number of halogens is 7. The Hall–Kier alpha value is -2.16. The van der Waals surface area contributed by atoms with Gasteiger partial charge in [0.05, 0.1) is 16.0 Å². The molecule has 0 saturated carbocycles. The maximum Gasteiger partial charge on any atom is 0.416 e. The molecule has 12 heteroatoms. The first-order chi connectivity index (χ1) is 15.0. The van der Waals surface area contributed by atoms with Gasteiger partial charge in [-0.3, -0.25) is 14.7 Å². The molecule has 1 aromatic carbocycles. The second-order valence-corrected chi connectivity index (χ2v) is 8.41. The summed E-state index contributed by atoms with van der Waals surface area (Å²) in [6.45, 7) is 0.964. The lowest BCUT2D eigenvalue weighted by Gasteiger charge is -2.31. The highest BCUT2D eigenvalue weighted by Gasteiger charge is 2.38. The second kappa shape index (κ2) is 10.8. The number of thioether (sulfide) groups is 1. The third-order valence-corrected chi connectivity index (χ3v) is 5.98. The fraction of sp³-hybridized carbons (Fsp3) is 0.429. The van der Waals surface area contributed by atoms with Crippen molar-refractivity contribution in [1.82, 2.24) is 10.2 Å². The number of hydrogen-bond donors (Lipinski definition) is 1. The largest absolute Gasteiger partial charge is 0.416 e. The molecule has 2 fully saturated rings. The lowest BCUT2D eigenvalue weighted by Crippen LogP contribution is -2.33. The van der Waals surface area contributed by atoms with Crippen molar-refractivity contribution in [3.05, 3.63) is 45.9 Å². The molecule has 33 heavy (non-hydrogen) atoms. The van der Waals surface area contributed by atoms with Gasteiger partial charge in [0, 0.05) is 6.54 Å². The predicted molar refractivity (Wildman–Crippen MR) is 117 cm³/mol. The molecule has 0 atom stereocenters. The Morgan fingerprint density at radius 2 is 1.85 bits per heavy atom. The first kappa shape index (κ1) is 27.1. The second-order valence-electron chi connectivity index (χ2n) is 7.40. The Bertz CT molecular complexity index is 976. The molecule has 1 aromatic rings. The number of nitrogens with zero attached hydrogens (tertiary/aromatic N) is 2. The lowest BCUT2D eigenvalue weighted by atomic mass is 9.95. The van der Waals surface area contributed by atoms with Crippen LogP contribution in [0.25, 0.3) is 0 Å². The van der Waals surface area contributed by atoms with E-state index in [9.17, 15) is 31.1 Å². The minimum absolute atomic E-state index is 0. The van der Waals surface area contributed by atoms with E-state index in [1.807, 2.05) is 6.08 Å². The summed E-state index contributed by atoms with van der Waals surface area (Å²) in [5.74, 6) is 2.87. The predicted octanol–water partition coefficient (Wildman–Crippen LogP) is 5.73. The number of rotatable bonds is 4. The number of carbonyl (C=O) groups excluding carboxylic acids is 1. The molecule has 0 spiro atoms. The Kier molecular flexibility index (Phi) is 8.90. The molecule has 180 valence electrons. The van der Waals surface area contributed by atoms with Gasteiger partial charge in [0.15, 0.2) is 0 Å². The number of alkyl halides is 6. The highest BCUT2D eigenvalue weighted by Crippen LogP contribution is 2.38. The number of hydrogen-bond acceptors (Lipinski definition) is 4. The van der Waals surface area contributed by atoms with Gasteiger partial charge in [-0.05, 0) is 61.3 Å². The normalized spacial score (nSPS) is 20.6. The first-order valence-electron chi connectivity index (χ1n) is 9.66. The van der Waals surface area contributed by atoms with Crippen LogP contribution < -0.4 is 5.32 Å². The number of piperidine rings is 1. The van der Waals surface area contributed by atoms with Crippen molar-refractivity contribution in [2.45, 2.75) is 31.7 Å². The van der Waals surface area contributed by atoms with E-state index in [0.717, 1.165) is 17.8 Å². The van der Waals surface area contributed by atoms with Gasteiger partial charge in [-0.1, -0.05) is 18.1 Å². The summed E-state index contributed by atoms with van der Waals surface area (Å²) < 4.78 is 78.6. The minimum Gasteiger partial charge on any atom is -0.300 e. The third kappa shape index (κ3) is 7.16. The molecule has 1 amide bonds. The van der Waals surface area contributed by atoms with Crippen LogP contribution in [0, 0.1) is 18.3 Å². The molecule has 2 saturated heterocycles. The van der Waals surface area contributed by atoms with Gasteiger partial charge < -0.3 is 5.32 Å². The molecular weight excluding hydrogens is 492 g/mol. The van der Waals surface area contributed by atoms with E-state index in [4.69, 9.17) is 6.42 Å². The summed E-state index contributed by atoms with van der Waals surface area (Å²) in [4.78, 5) is 18.2.